The summed E-state index contributed by atoms with van der Waals surface area (Å²) in [5.41, 5.74) is -0.251. The summed E-state index contributed by atoms with van der Waals surface area (Å²) in [6.07, 6.45) is 3.28. The molecule has 1 aliphatic heterocycles. The molecule has 0 aliphatic carbocycles. The highest BCUT2D eigenvalue weighted by molar-refractivity contribution is 6.30. The molecule has 0 amide bonds. The van der Waals surface area contributed by atoms with Crippen molar-refractivity contribution in [2.45, 2.75) is 38.9 Å². The number of ether oxygens (including phenoxy) is 2. The molecule has 0 unspecified atom stereocenters. The minimum absolute atomic E-state index is 0.126. The Morgan fingerprint density at radius 3 is 2.50 bits per heavy atom. The maximum Gasteiger partial charge on any atom is 0.139 e. The summed E-state index contributed by atoms with van der Waals surface area (Å²) in [5.74, 6) is 0.712. The standard InChI is InChI=1S/C15H23ClN2O2/c1-14(2)10-18(11-15(3,4)20-14)5-6-19-13-7-12(16)8-17-9-13/h7-9H,5-6,10-11H2,1-4H3. The van der Waals surface area contributed by atoms with Crippen molar-refractivity contribution in [3.05, 3.63) is 23.5 Å². The fourth-order valence-corrected chi connectivity index (χ4v) is 3.03. The monoisotopic (exact) mass is 298 g/mol. The molecule has 0 N–H and O–H groups in total. The Bertz CT molecular complexity index is 447. The van der Waals surface area contributed by atoms with E-state index in [0.29, 0.717) is 17.4 Å². The average Bonchev–Trinajstić information content (AvgIpc) is 2.24. The highest BCUT2D eigenvalue weighted by Crippen LogP contribution is 2.27. The predicted molar refractivity (Wildman–Crippen MR) is 80.4 cm³/mol. The molecule has 1 aromatic heterocycles. The van der Waals surface area contributed by atoms with Crippen LogP contribution in [-0.4, -0.2) is 47.3 Å². The Balaban J connectivity index is 1.84. The average molecular weight is 299 g/mol. The van der Waals surface area contributed by atoms with E-state index in [1.807, 2.05) is 0 Å². The molecule has 0 atom stereocenters. The van der Waals surface area contributed by atoms with Crippen molar-refractivity contribution in [2.75, 3.05) is 26.2 Å². The molecule has 2 heterocycles. The Hall–Kier alpha value is -0.840. The van der Waals surface area contributed by atoms with E-state index in [-0.39, 0.29) is 11.2 Å². The van der Waals surface area contributed by atoms with Crippen LogP contribution in [-0.2, 0) is 4.74 Å². The smallest absolute Gasteiger partial charge is 0.139 e. The summed E-state index contributed by atoms with van der Waals surface area (Å²) in [7, 11) is 0. The first-order chi connectivity index (χ1) is 9.26. The number of pyridine rings is 1. The number of hydrogen-bond donors (Lipinski definition) is 0. The number of nitrogens with zero attached hydrogens (tertiary/aromatic N) is 2. The Morgan fingerprint density at radius 2 is 1.90 bits per heavy atom. The first-order valence-electron chi connectivity index (χ1n) is 6.92. The fraction of sp³-hybridized carbons (Fsp3) is 0.667. The van der Waals surface area contributed by atoms with Crippen molar-refractivity contribution in [3.8, 4) is 5.75 Å². The third-order valence-electron chi connectivity index (χ3n) is 3.12. The van der Waals surface area contributed by atoms with Gasteiger partial charge in [-0.2, -0.15) is 0 Å². The molecule has 20 heavy (non-hydrogen) atoms. The first-order valence-corrected chi connectivity index (χ1v) is 7.29. The molecule has 0 bridgehead atoms. The van der Waals surface area contributed by atoms with Gasteiger partial charge in [0.1, 0.15) is 12.4 Å². The topological polar surface area (TPSA) is 34.6 Å². The third-order valence-corrected chi connectivity index (χ3v) is 3.32. The van der Waals surface area contributed by atoms with E-state index < -0.39 is 0 Å². The molecule has 112 valence electrons. The fourth-order valence-electron chi connectivity index (χ4n) is 2.87. The molecule has 1 aliphatic rings. The van der Waals surface area contributed by atoms with Crippen LogP contribution in [0.15, 0.2) is 18.5 Å². The van der Waals surface area contributed by atoms with Crippen LogP contribution in [0.5, 0.6) is 5.75 Å². The normalized spacial score (nSPS) is 21.6. The van der Waals surface area contributed by atoms with Gasteiger partial charge < -0.3 is 9.47 Å². The second kappa shape index (κ2) is 5.88. The summed E-state index contributed by atoms with van der Waals surface area (Å²) in [5, 5.41) is 0.594. The van der Waals surface area contributed by atoms with Gasteiger partial charge in [-0.3, -0.25) is 9.88 Å². The maximum absolute atomic E-state index is 6.06. The molecule has 0 radical (unpaired) electrons. The lowest BCUT2D eigenvalue weighted by Gasteiger charge is -2.47. The van der Waals surface area contributed by atoms with E-state index in [2.05, 4.69) is 37.6 Å². The van der Waals surface area contributed by atoms with E-state index >= 15 is 0 Å². The highest BCUT2D eigenvalue weighted by Gasteiger charge is 2.37. The van der Waals surface area contributed by atoms with Crippen LogP contribution in [0.25, 0.3) is 0 Å². The summed E-state index contributed by atoms with van der Waals surface area (Å²) < 4.78 is 11.8. The van der Waals surface area contributed by atoms with Gasteiger partial charge in [-0.25, -0.2) is 0 Å². The molecule has 1 aromatic rings. The van der Waals surface area contributed by atoms with Gasteiger partial charge in [-0.1, -0.05) is 11.6 Å². The van der Waals surface area contributed by atoms with Crippen LogP contribution in [0.1, 0.15) is 27.7 Å². The number of halogens is 1. The van der Waals surface area contributed by atoms with E-state index in [4.69, 9.17) is 21.1 Å². The van der Waals surface area contributed by atoms with Gasteiger partial charge in [0.2, 0.25) is 0 Å². The van der Waals surface area contributed by atoms with Gasteiger partial charge in [0, 0.05) is 31.9 Å². The Kier molecular flexibility index (Phi) is 4.57. The molecule has 0 spiro atoms. The summed E-state index contributed by atoms with van der Waals surface area (Å²) in [4.78, 5) is 6.38. The second-order valence-corrected chi connectivity index (χ2v) is 6.96. The SMILES string of the molecule is CC1(C)CN(CCOc2cncc(Cl)c2)CC(C)(C)O1. The van der Waals surface area contributed by atoms with Crippen molar-refractivity contribution in [1.29, 1.82) is 0 Å². The molecule has 0 saturated carbocycles. The van der Waals surface area contributed by atoms with Crippen molar-refractivity contribution in [1.82, 2.24) is 9.88 Å². The maximum atomic E-state index is 6.06. The quantitative estimate of drug-likeness (QED) is 0.856. The molecule has 4 nitrogen and oxygen atoms in total. The number of aromatic nitrogens is 1. The largest absolute Gasteiger partial charge is 0.491 e. The summed E-state index contributed by atoms with van der Waals surface area (Å²) in [6.45, 7) is 11.8. The second-order valence-electron chi connectivity index (χ2n) is 6.52. The van der Waals surface area contributed by atoms with Crippen LogP contribution in [0.3, 0.4) is 0 Å². The third kappa shape index (κ3) is 4.62. The van der Waals surface area contributed by atoms with Gasteiger partial charge in [0.05, 0.1) is 22.4 Å². The molecular formula is C15H23ClN2O2. The molecule has 1 saturated heterocycles. The van der Waals surface area contributed by atoms with Crippen LogP contribution in [0.2, 0.25) is 5.02 Å². The lowest BCUT2D eigenvalue weighted by Crippen LogP contribution is -2.57. The molecule has 0 aromatic carbocycles. The van der Waals surface area contributed by atoms with Crippen LogP contribution < -0.4 is 4.74 Å². The number of hydrogen-bond acceptors (Lipinski definition) is 4. The van der Waals surface area contributed by atoms with Crippen LogP contribution >= 0.6 is 11.6 Å². The van der Waals surface area contributed by atoms with Crippen LogP contribution in [0.4, 0.5) is 0 Å². The van der Waals surface area contributed by atoms with Gasteiger partial charge in [-0.15, -0.1) is 0 Å². The van der Waals surface area contributed by atoms with E-state index in [1.165, 1.54) is 0 Å². The number of morpholine rings is 1. The molecule has 1 fully saturated rings. The first kappa shape index (κ1) is 15.5. The summed E-state index contributed by atoms with van der Waals surface area (Å²) in [6, 6.07) is 1.78. The van der Waals surface area contributed by atoms with E-state index in [1.54, 1.807) is 18.5 Å². The van der Waals surface area contributed by atoms with Crippen molar-refractivity contribution in [2.24, 2.45) is 0 Å². The highest BCUT2D eigenvalue weighted by atomic mass is 35.5. The van der Waals surface area contributed by atoms with Gasteiger partial charge in [-0.05, 0) is 27.7 Å². The minimum Gasteiger partial charge on any atom is -0.491 e. The lowest BCUT2D eigenvalue weighted by molar-refractivity contribution is -0.181. The van der Waals surface area contributed by atoms with Gasteiger partial charge in [0.25, 0.3) is 0 Å². The lowest BCUT2D eigenvalue weighted by atomic mass is 9.99. The van der Waals surface area contributed by atoms with Crippen molar-refractivity contribution >= 4 is 11.6 Å². The predicted octanol–water partition coefficient (Wildman–Crippen LogP) is 3.00. The van der Waals surface area contributed by atoms with E-state index in [9.17, 15) is 0 Å². The van der Waals surface area contributed by atoms with E-state index in [0.717, 1.165) is 19.6 Å². The molecule has 5 heteroatoms. The van der Waals surface area contributed by atoms with Gasteiger partial charge in [0.15, 0.2) is 0 Å². The zero-order chi connectivity index (χ0) is 14.8. The number of rotatable bonds is 4. The van der Waals surface area contributed by atoms with Crippen LogP contribution in [0, 0.1) is 0 Å². The zero-order valence-electron chi connectivity index (χ0n) is 12.6. The van der Waals surface area contributed by atoms with Crippen molar-refractivity contribution < 1.29 is 9.47 Å². The van der Waals surface area contributed by atoms with Crippen molar-refractivity contribution in [3.63, 3.8) is 0 Å². The zero-order valence-corrected chi connectivity index (χ0v) is 13.4. The molecular weight excluding hydrogens is 276 g/mol. The van der Waals surface area contributed by atoms with Gasteiger partial charge >= 0.3 is 0 Å². The summed E-state index contributed by atoms with van der Waals surface area (Å²) >= 11 is 5.88. The Morgan fingerprint density at radius 1 is 1.25 bits per heavy atom. The minimum atomic E-state index is -0.126. The molecule has 2 rings (SSSR count). The Labute approximate surface area is 126 Å².